The minimum absolute atomic E-state index is 0.132. The van der Waals surface area contributed by atoms with Crippen molar-refractivity contribution in [3.63, 3.8) is 0 Å². The van der Waals surface area contributed by atoms with Gasteiger partial charge in [-0.2, -0.15) is 11.8 Å². The summed E-state index contributed by atoms with van der Waals surface area (Å²) in [6.45, 7) is 9.48. The lowest BCUT2D eigenvalue weighted by atomic mass is 10.1. The molecule has 1 amide bonds. The quantitative estimate of drug-likeness (QED) is 0.576. The summed E-state index contributed by atoms with van der Waals surface area (Å²) in [5.41, 5.74) is 0.515. The Bertz CT molecular complexity index is 563. The van der Waals surface area contributed by atoms with Gasteiger partial charge < -0.3 is 24.3 Å². The Morgan fingerprint density at radius 2 is 1.67 bits per heavy atom. The zero-order valence-electron chi connectivity index (χ0n) is 16.5. The second kappa shape index (κ2) is 12.0. The summed E-state index contributed by atoms with van der Waals surface area (Å²) < 4.78 is 22.4. The molecular weight excluding hydrogens is 366 g/mol. The first-order chi connectivity index (χ1) is 13.2. The zero-order valence-corrected chi connectivity index (χ0v) is 17.4. The van der Waals surface area contributed by atoms with E-state index in [1.165, 1.54) is 0 Å². The summed E-state index contributed by atoms with van der Waals surface area (Å²) in [6, 6.07) is 3.44. The van der Waals surface area contributed by atoms with E-state index >= 15 is 0 Å². The van der Waals surface area contributed by atoms with Crippen molar-refractivity contribution in [3.8, 4) is 17.2 Å². The zero-order chi connectivity index (χ0) is 19.5. The Kier molecular flexibility index (Phi) is 9.62. The lowest BCUT2D eigenvalue weighted by Gasteiger charge is -2.21. The maximum Gasteiger partial charge on any atom is 0.251 e. The van der Waals surface area contributed by atoms with Crippen molar-refractivity contribution in [1.29, 1.82) is 0 Å². The van der Waals surface area contributed by atoms with Gasteiger partial charge in [0.1, 0.15) is 0 Å². The van der Waals surface area contributed by atoms with E-state index in [2.05, 4.69) is 5.32 Å². The van der Waals surface area contributed by atoms with Crippen LogP contribution in [0.3, 0.4) is 0 Å². The first-order valence-electron chi connectivity index (χ1n) is 9.73. The molecule has 1 N–H and O–H groups in total. The third-order valence-electron chi connectivity index (χ3n) is 4.08. The Balaban J connectivity index is 1.98. The number of hydrogen-bond acceptors (Lipinski definition) is 6. The van der Waals surface area contributed by atoms with Crippen LogP contribution in [0.2, 0.25) is 0 Å². The van der Waals surface area contributed by atoms with Crippen LogP contribution in [0, 0.1) is 0 Å². The van der Waals surface area contributed by atoms with Crippen molar-refractivity contribution in [2.75, 3.05) is 45.3 Å². The van der Waals surface area contributed by atoms with Gasteiger partial charge in [0, 0.05) is 36.3 Å². The van der Waals surface area contributed by atoms with Crippen LogP contribution in [-0.4, -0.2) is 56.5 Å². The van der Waals surface area contributed by atoms with Crippen LogP contribution in [-0.2, 0) is 4.74 Å². The number of thioether (sulfide) groups is 1. The van der Waals surface area contributed by atoms with E-state index in [9.17, 15) is 4.79 Å². The summed E-state index contributed by atoms with van der Waals surface area (Å²) in [6.07, 6.45) is 2.18. The number of hydrogen-bond donors (Lipinski definition) is 1. The van der Waals surface area contributed by atoms with Gasteiger partial charge in [0.25, 0.3) is 5.91 Å². The molecule has 152 valence electrons. The Morgan fingerprint density at radius 1 is 1.07 bits per heavy atom. The summed E-state index contributed by atoms with van der Waals surface area (Å²) in [7, 11) is 0. The molecular formula is C20H31NO5S. The van der Waals surface area contributed by atoms with Crippen LogP contribution in [0.5, 0.6) is 17.2 Å². The van der Waals surface area contributed by atoms with Crippen LogP contribution in [0.4, 0.5) is 0 Å². The van der Waals surface area contributed by atoms with E-state index in [4.69, 9.17) is 18.9 Å². The molecule has 2 rings (SSSR count). The first kappa shape index (κ1) is 21.7. The smallest absolute Gasteiger partial charge is 0.251 e. The SMILES string of the molecule is CCOc1cc(C(=O)NCCSC2CCOCC2)cc(OCC)c1OCC. The number of rotatable bonds is 11. The molecule has 1 aliphatic heterocycles. The van der Waals surface area contributed by atoms with Crippen molar-refractivity contribution in [1.82, 2.24) is 5.32 Å². The minimum Gasteiger partial charge on any atom is -0.490 e. The van der Waals surface area contributed by atoms with Crippen molar-refractivity contribution in [2.24, 2.45) is 0 Å². The molecule has 0 radical (unpaired) electrons. The fraction of sp³-hybridized carbons (Fsp3) is 0.650. The molecule has 7 heteroatoms. The second-order valence-corrected chi connectivity index (χ2v) is 7.45. The average molecular weight is 398 g/mol. The molecule has 0 spiro atoms. The Labute approximate surface area is 166 Å². The number of carbonyl (C=O) groups is 1. The summed E-state index contributed by atoms with van der Waals surface area (Å²) in [5, 5.41) is 3.62. The maximum atomic E-state index is 12.6. The van der Waals surface area contributed by atoms with E-state index < -0.39 is 0 Å². The van der Waals surface area contributed by atoms with Gasteiger partial charge in [-0.15, -0.1) is 0 Å². The van der Waals surface area contributed by atoms with Crippen LogP contribution >= 0.6 is 11.8 Å². The molecule has 27 heavy (non-hydrogen) atoms. The number of benzene rings is 1. The molecule has 0 aromatic heterocycles. The predicted molar refractivity (Wildman–Crippen MR) is 109 cm³/mol. The molecule has 1 aromatic rings. The molecule has 1 heterocycles. The lowest BCUT2D eigenvalue weighted by Crippen LogP contribution is -2.27. The van der Waals surface area contributed by atoms with Crippen molar-refractivity contribution in [3.05, 3.63) is 17.7 Å². The fourth-order valence-electron chi connectivity index (χ4n) is 2.85. The first-order valence-corrected chi connectivity index (χ1v) is 10.8. The van der Waals surface area contributed by atoms with Crippen LogP contribution in [0.25, 0.3) is 0 Å². The highest BCUT2D eigenvalue weighted by Gasteiger charge is 2.18. The standard InChI is InChI=1S/C20H31NO5S/c1-4-24-17-13-15(14-18(25-5-2)19(17)26-6-3)20(22)21-9-12-27-16-7-10-23-11-8-16/h13-14,16H,4-12H2,1-3H3,(H,21,22). The highest BCUT2D eigenvalue weighted by atomic mass is 32.2. The highest BCUT2D eigenvalue weighted by molar-refractivity contribution is 7.99. The minimum atomic E-state index is -0.132. The molecule has 1 fully saturated rings. The molecule has 1 saturated heterocycles. The van der Waals surface area contributed by atoms with Crippen molar-refractivity contribution in [2.45, 2.75) is 38.9 Å². The normalized spacial score (nSPS) is 14.6. The van der Waals surface area contributed by atoms with Gasteiger partial charge in [-0.1, -0.05) is 0 Å². The van der Waals surface area contributed by atoms with Crippen LogP contribution in [0.15, 0.2) is 12.1 Å². The third-order valence-corrected chi connectivity index (χ3v) is 5.46. The van der Waals surface area contributed by atoms with Gasteiger partial charge in [-0.3, -0.25) is 4.79 Å². The summed E-state index contributed by atoms with van der Waals surface area (Å²) in [4.78, 5) is 12.6. The van der Waals surface area contributed by atoms with Crippen LogP contribution in [0.1, 0.15) is 44.0 Å². The Hall–Kier alpha value is -1.60. The topological polar surface area (TPSA) is 66.0 Å². The molecule has 6 nitrogen and oxygen atoms in total. The van der Waals surface area contributed by atoms with Gasteiger partial charge in [0.05, 0.1) is 19.8 Å². The predicted octanol–water partition coefficient (Wildman–Crippen LogP) is 3.52. The molecule has 0 saturated carbocycles. The van der Waals surface area contributed by atoms with Gasteiger partial charge in [-0.05, 0) is 45.7 Å². The second-order valence-electron chi connectivity index (χ2n) is 6.04. The number of nitrogens with one attached hydrogen (secondary N) is 1. The average Bonchev–Trinajstić information content (AvgIpc) is 2.68. The van der Waals surface area contributed by atoms with Gasteiger partial charge in [0.2, 0.25) is 5.75 Å². The van der Waals surface area contributed by atoms with E-state index in [1.807, 2.05) is 32.5 Å². The number of carbonyl (C=O) groups excluding carboxylic acids is 1. The number of ether oxygens (including phenoxy) is 4. The summed E-state index contributed by atoms with van der Waals surface area (Å²) in [5.74, 6) is 2.38. The van der Waals surface area contributed by atoms with E-state index in [0.717, 1.165) is 31.8 Å². The van der Waals surface area contributed by atoms with Crippen molar-refractivity contribution >= 4 is 17.7 Å². The van der Waals surface area contributed by atoms with Gasteiger partial charge in [-0.25, -0.2) is 0 Å². The lowest BCUT2D eigenvalue weighted by molar-refractivity contribution is 0.0954. The molecule has 0 aliphatic carbocycles. The maximum absolute atomic E-state index is 12.6. The monoisotopic (exact) mass is 397 g/mol. The third kappa shape index (κ3) is 6.81. The van der Waals surface area contributed by atoms with E-state index in [0.29, 0.717) is 54.4 Å². The van der Waals surface area contributed by atoms with Crippen molar-refractivity contribution < 1.29 is 23.7 Å². The molecule has 0 unspecified atom stereocenters. The fourth-order valence-corrected chi connectivity index (χ4v) is 3.93. The van der Waals surface area contributed by atoms with E-state index in [1.54, 1.807) is 12.1 Å². The highest BCUT2D eigenvalue weighted by Crippen LogP contribution is 2.39. The molecule has 1 aliphatic rings. The van der Waals surface area contributed by atoms with Crippen LogP contribution < -0.4 is 19.5 Å². The molecule has 1 aromatic carbocycles. The van der Waals surface area contributed by atoms with Gasteiger partial charge in [0.15, 0.2) is 11.5 Å². The molecule has 0 bridgehead atoms. The largest absolute Gasteiger partial charge is 0.490 e. The van der Waals surface area contributed by atoms with E-state index in [-0.39, 0.29) is 5.91 Å². The molecule has 0 atom stereocenters. The Morgan fingerprint density at radius 3 is 2.22 bits per heavy atom. The number of amides is 1. The van der Waals surface area contributed by atoms with Gasteiger partial charge >= 0.3 is 0 Å². The summed E-state index contributed by atoms with van der Waals surface area (Å²) >= 11 is 1.90.